The number of aromatic nitrogens is 3. The topological polar surface area (TPSA) is 38.7 Å². The minimum Gasteiger partial charge on any atom is -0.139 e. The van der Waals surface area contributed by atoms with E-state index in [4.69, 9.17) is 0 Å². The first kappa shape index (κ1) is 11.1. The summed E-state index contributed by atoms with van der Waals surface area (Å²) in [7, 11) is 0. The van der Waals surface area contributed by atoms with Crippen molar-refractivity contribution >= 4 is 21.5 Å². The Hall–Kier alpha value is -2.81. The summed E-state index contributed by atoms with van der Waals surface area (Å²) in [5.41, 5.74) is 1.90. The van der Waals surface area contributed by atoms with Crippen molar-refractivity contribution in [2.24, 2.45) is 0 Å². The van der Waals surface area contributed by atoms with Gasteiger partial charge in [0.25, 0.3) is 0 Å². The largest absolute Gasteiger partial charge is 0.139 e. The van der Waals surface area contributed by atoms with Crippen molar-refractivity contribution in [3.8, 4) is 11.3 Å². The summed E-state index contributed by atoms with van der Waals surface area (Å²) in [6.45, 7) is 0. The van der Waals surface area contributed by atoms with E-state index in [9.17, 15) is 0 Å². The Bertz CT molecular complexity index is 901. The molecule has 4 rings (SSSR count). The average Bonchev–Trinajstić information content (AvgIpc) is 2.53. The lowest BCUT2D eigenvalue weighted by Gasteiger charge is -2.05. The van der Waals surface area contributed by atoms with Gasteiger partial charge in [-0.1, -0.05) is 36.4 Å². The monoisotopic (exact) mass is 257 g/mol. The van der Waals surface area contributed by atoms with Gasteiger partial charge in [-0.25, -0.2) is 0 Å². The van der Waals surface area contributed by atoms with E-state index in [-0.39, 0.29) is 0 Å². The van der Waals surface area contributed by atoms with Crippen LogP contribution in [0.25, 0.3) is 32.8 Å². The van der Waals surface area contributed by atoms with Crippen molar-refractivity contribution in [1.29, 1.82) is 0 Å². The summed E-state index contributed by atoms with van der Waals surface area (Å²) in [4.78, 5) is 0. The fraction of sp³-hybridized carbons (Fsp3) is 0. The minimum absolute atomic E-state index is 0.843. The molecule has 20 heavy (non-hydrogen) atoms. The molecule has 0 aliphatic carbocycles. The van der Waals surface area contributed by atoms with Gasteiger partial charge in [0.1, 0.15) is 0 Å². The summed E-state index contributed by atoms with van der Waals surface area (Å²) in [6.07, 6.45) is 1.66. The third-order valence-corrected chi connectivity index (χ3v) is 3.50. The van der Waals surface area contributed by atoms with E-state index in [2.05, 4.69) is 70.0 Å². The molecule has 0 bridgehead atoms. The Morgan fingerprint density at radius 3 is 2.15 bits per heavy atom. The zero-order valence-corrected chi connectivity index (χ0v) is 10.7. The summed E-state index contributed by atoms with van der Waals surface area (Å²) < 4.78 is 0. The quantitative estimate of drug-likeness (QED) is 0.486. The Morgan fingerprint density at radius 1 is 0.650 bits per heavy atom. The van der Waals surface area contributed by atoms with Crippen molar-refractivity contribution in [3.05, 3.63) is 66.9 Å². The third kappa shape index (κ3) is 1.80. The highest BCUT2D eigenvalue weighted by Gasteiger charge is 2.02. The highest BCUT2D eigenvalue weighted by atomic mass is 15.3. The predicted molar refractivity (Wildman–Crippen MR) is 80.3 cm³/mol. The van der Waals surface area contributed by atoms with Gasteiger partial charge in [-0.2, -0.15) is 0 Å². The molecule has 94 valence electrons. The molecule has 0 saturated heterocycles. The molecular formula is C17H11N3. The van der Waals surface area contributed by atoms with E-state index in [1.165, 1.54) is 21.5 Å². The zero-order valence-electron chi connectivity index (χ0n) is 10.7. The molecule has 1 aromatic heterocycles. The van der Waals surface area contributed by atoms with E-state index >= 15 is 0 Å². The van der Waals surface area contributed by atoms with E-state index in [0.29, 0.717) is 0 Å². The fourth-order valence-electron chi connectivity index (χ4n) is 2.49. The van der Waals surface area contributed by atoms with Crippen molar-refractivity contribution < 1.29 is 0 Å². The van der Waals surface area contributed by atoms with Gasteiger partial charge in [0.2, 0.25) is 0 Å². The molecule has 3 aromatic carbocycles. The molecule has 0 radical (unpaired) electrons. The van der Waals surface area contributed by atoms with Gasteiger partial charge >= 0.3 is 0 Å². The van der Waals surface area contributed by atoms with Crippen LogP contribution < -0.4 is 0 Å². The van der Waals surface area contributed by atoms with Crippen molar-refractivity contribution in [1.82, 2.24) is 15.4 Å². The van der Waals surface area contributed by atoms with Crippen molar-refractivity contribution in [3.63, 3.8) is 0 Å². The summed E-state index contributed by atoms with van der Waals surface area (Å²) in [6, 6.07) is 21.0. The Balaban J connectivity index is 1.97. The van der Waals surface area contributed by atoms with Crippen LogP contribution in [0.3, 0.4) is 0 Å². The van der Waals surface area contributed by atoms with Gasteiger partial charge < -0.3 is 0 Å². The molecule has 1 heterocycles. The first-order valence-corrected chi connectivity index (χ1v) is 6.47. The Labute approximate surface area is 115 Å². The van der Waals surface area contributed by atoms with E-state index in [1.807, 2.05) is 6.07 Å². The Morgan fingerprint density at radius 2 is 1.40 bits per heavy atom. The Kier molecular flexibility index (Phi) is 2.42. The zero-order chi connectivity index (χ0) is 13.4. The highest BCUT2D eigenvalue weighted by Crippen LogP contribution is 2.26. The molecule has 0 unspecified atom stereocenters. The second kappa shape index (κ2) is 4.38. The lowest BCUT2D eigenvalue weighted by molar-refractivity contribution is 0.871. The second-order valence-corrected chi connectivity index (χ2v) is 4.77. The summed E-state index contributed by atoms with van der Waals surface area (Å²) in [5.74, 6) is 0. The number of hydrogen-bond acceptors (Lipinski definition) is 3. The smallest absolute Gasteiger partial charge is 0.0963 e. The second-order valence-electron chi connectivity index (χ2n) is 4.77. The molecule has 0 saturated carbocycles. The van der Waals surface area contributed by atoms with Crippen LogP contribution in [-0.4, -0.2) is 15.4 Å². The molecule has 0 spiro atoms. The lowest BCUT2D eigenvalue weighted by atomic mass is 10.0. The SMILES string of the molecule is c1ccc2cc3cc(-c4ccnnn4)ccc3cc2c1. The molecule has 0 atom stereocenters. The molecule has 0 fully saturated rings. The molecule has 0 aliphatic rings. The van der Waals surface area contributed by atoms with Crippen molar-refractivity contribution in [2.45, 2.75) is 0 Å². The third-order valence-electron chi connectivity index (χ3n) is 3.50. The van der Waals surface area contributed by atoms with Crippen LogP contribution in [0.5, 0.6) is 0 Å². The van der Waals surface area contributed by atoms with E-state index in [0.717, 1.165) is 11.3 Å². The number of rotatable bonds is 1. The number of nitrogens with zero attached hydrogens (tertiary/aromatic N) is 3. The highest BCUT2D eigenvalue weighted by molar-refractivity contribution is 5.99. The number of fused-ring (bicyclic) bond motifs is 2. The molecular weight excluding hydrogens is 246 g/mol. The number of benzene rings is 3. The van der Waals surface area contributed by atoms with Crippen molar-refractivity contribution in [2.75, 3.05) is 0 Å². The molecule has 0 aliphatic heterocycles. The standard InChI is InChI=1S/C17H11N3/c1-2-4-13-10-16-11-15(17-7-8-18-20-19-17)6-5-14(16)9-12(13)3-1/h1-11H. The maximum atomic E-state index is 4.06. The van der Waals surface area contributed by atoms with Crippen LogP contribution in [0.4, 0.5) is 0 Å². The van der Waals surface area contributed by atoms with Gasteiger partial charge in [0.15, 0.2) is 0 Å². The fourth-order valence-corrected chi connectivity index (χ4v) is 2.49. The average molecular weight is 257 g/mol. The van der Waals surface area contributed by atoms with Crippen LogP contribution in [0.1, 0.15) is 0 Å². The van der Waals surface area contributed by atoms with Gasteiger partial charge in [0.05, 0.1) is 11.9 Å². The van der Waals surface area contributed by atoms with E-state index < -0.39 is 0 Å². The first-order chi connectivity index (χ1) is 9.90. The van der Waals surface area contributed by atoms with Crippen LogP contribution in [0.2, 0.25) is 0 Å². The maximum Gasteiger partial charge on any atom is 0.0963 e. The van der Waals surface area contributed by atoms with E-state index in [1.54, 1.807) is 6.20 Å². The molecule has 3 heteroatoms. The lowest BCUT2D eigenvalue weighted by Crippen LogP contribution is -1.89. The van der Waals surface area contributed by atoms with Crippen LogP contribution in [0, 0.1) is 0 Å². The number of hydrogen-bond donors (Lipinski definition) is 0. The van der Waals surface area contributed by atoms with Gasteiger partial charge in [-0.15, -0.1) is 10.2 Å². The maximum absolute atomic E-state index is 4.06. The minimum atomic E-state index is 0.843. The van der Waals surface area contributed by atoms with Gasteiger partial charge in [-0.05, 0) is 51.0 Å². The first-order valence-electron chi connectivity index (χ1n) is 6.47. The predicted octanol–water partition coefficient (Wildman–Crippen LogP) is 3.85. The van der Waals surface area contributed by atoms with Gasteiger partial charge in [0, 0.05) is 5.56 Å². The molecule has 3 nitrogen and oxygen atoms in total. The van der Waals surface area contributed by atoms with Crippen LogP contribution in [0.15, 0.2) is 66.9 Å². The summed E-state index contributed by atoms with van der Waals surface area (Å²) in [5, 5.41) is 16.4. The summed E-state index contributed by atoms with van der Waals surface area (Å²) >= 11 is 0. The van der Waals surface area contributed by atoms with Crippen LogP contribution in [-0.2, 0) is 0 Å². The normalized spacial score (nSPS) is 11.0. The molecule has 0 N–H and O–H groups in total. The molecule has 4 aromatic rings. The molecule has 0 amide bonds. The van der Waals surface area contributed by atoms with Gasteiger partial charge in [-0.3, -0.25) is 0 Å². The van der Waals surface area contributed by atoms with Crippen LogP contribution >= 0.6 is 0 Å².